The molecular weight excluding hydrogens is 518 g/mol. The van der Waals surface area contributed by atoms with Gasteiger partial charge in [-0.05, 0) is 67.6 Å². The quantitative estimate of drug-likeness (QED) is 0.262. The summed E-state index contributed by atoms with van der Waals surface area (Å²) in [5.74, 6) is -0.0655. The maximum atomic E-state index is 15.5. The summed E-state index contributed by atoms with van der Waals surface area (Å²) in [5.41, 5.74) is 3.08. The molecule has 5 aromatic rings. The van der Waals surface area contributed by atoms with Crippen LogP contribution in [-0.4, -0.2) is 33.6 Å². The molecule has 0 fully saturated rings. The highest BCUT2D eigenvalue weighted by Crippen LogP contribution is 2.37. The van der Waals surface area contributed by atoms with Gasteiger partial charge in [0.15, 0.2) is 23.1 Å². The summed E-state index contributed by atoms with van der Waals surface area (Å²) in [4.78, 5) is 22.2. The molecule has 0 radical (unpaired) electrons. The van der Waals surface area contributed by atoms with E-state index in [0.29, 0.717) is 52.2 Å². The lowest BCUT2D eigenvalue weighted by atomic mass is 10.0. The maximum absolute atomic E-state index is 15.5. The van der Waals surface area contributed by atoms with Crippen molar-refractivity contribution < 1.29 is 23.0 Å². The molecular formula is C30H26F2N4O4. The molecule has 3 aromatic carbocycles. The van der Waals surface area contributed by atoms with Gasteiger partial charge in [-0.15, -0.1) is 0 Å². The lowest BCUT2D eigenvalue weighted by Crippen LogP contribution is -2.24. The summed E-state index contributed by atoms with van der Waals surface area (Å²) in [7, 11) is 3.03. The van der Waals surface area contributed by atoms with Crippen LogP contribution in [0.4, 0.5) is 8.78 Å². The molecule has 2 aromatic heterocycles. The van der Waals surface area contributed by atoms with Crippen LogP contribution >= 0.6 is 0 Å². The first-order valence-corrected chi connectivity index (χ1v) is 12.9. The van der Waals surface area contributed by atoms with E-state index in [4.69, 9.17) is 14.2 Å². The Bertz CT molecular complexity index is 1830. The normalized spacial score (nSPS) is 12.8. The van der Waals surface area contributed by atoms with Crippen LogP contribution < -0.4 is 19.8 Å². The summed E-state index contributed by atoms with van der Waals surface area (Å²) in [6, 6.07) is 12.1. The number of hydrogen-bond acceptors (Lipinski definition) is 6. The summed E-state index contributed by atoms with van der Waals surface area (Å²) >= 11 is 0. The standard InChI is InChI=1S/C30H26F2N4O4/c1-17-7-9-19(31)13-24(17)36-30(37)28(23-6-4-5-11-35(23)36)18-8-10-25(21(32)12-18)40-29-20-14-26(38-2)27(39-3)15-22(20)33-16-34-29/h7-10,12-16H,4-6,11H2,1-3H3. The average molecular weight is 545 g/mol. The van der Waals surface area contributed by atoms with Gasteiger partial charge in [0.25, 0.3) is 5.56 Å². The van der Waals surface area contributed by atoms with Gasteiger partial charge in [-0.25, -0.2) is 23.4 Å². The number of aryl methyl sites for hydroxylation is 1. The molecule has 3 heterocycles. The van der Waals surface area contributed by atoms with E-state index in [-0.39, 0.29) is 17.2 Å². The second-order valence-electron chi connectivity index (χ2n) is 9.60. The van der Waals surface area contributed by atoms with Crippen molar-refractivity contribution in [1.29, 1.82) is 0 Å². The maximum Gasteiger partial charge on any atom is 0.279 e. The first-order chi connectivity index (χ1) is 19.4. The van der Waals surface area contributed by atoms with E-state index >= 15 is 4.39 Å². The zero-order chi connectivity index (χ0) is 28.0. The van der Waals surface area contributed by atoms with Crippen LogP contribution in [0.5, 0.6) is 23.1 Å². The molecule has 6 rings (SSSR count). The molecule has 0 bridgehead atoms. The van der Waals surface area contributed by atoms with E-state index in [0.717, 1.165) is 24.1 Å². The average Bonchev–Trinajstić information content (AvgIpc) is 3.26. The molecule has 0 amide bonds. The molecule has 0 saturated carbocycles. The predicted molar refractivity (Wildman–Crippen MR) is 146 cm³/mol. The Labute approximate surface area is 228 Å². The zero-order valence-corrected chi connectivity index (χ0v) is 22.2. The van der Waals surface area contributed by atoms with Crippen molar-refractivity contribution in [1.82, 2.24) is 19.3 Å². The van der Waals surface area contributed by atoms with Crippen molar-refractivity contribution >= 4 is 10.9 Å². The van der Waals surface area contributed by atoms with Crippen LogP contribution in [0.25, 0.3) is 27.7 Å². The van der Waals surface area contributed by atoms with Gasteiger partial charge in [-0.1, -0.05) is 12.1 Å². The lowest BCUT2D eigenvalue weighted by Gasteiger charge is -2.20. The van der Waals surface area contributed by atoms with E-state index in [9.17, 15) is 9.18 Å². The molecule has 0 saturated heterocycles. The van der Waals surface area contributed by atoms with Gasteiger partial charge in [0, 0.05) is 18.3 Å². The minimum atomic E-state index is -0.659. The Hall–Kier alpha value is -4.73. The number of nitrogens with zero attached hydrogens (tertiary/aromatic N) is 4. The highest BCUT2D eigenvalue weighted by molar-refractivity contribution is 5.87. The monoisotopic (exact) mass is 544 g/mol. The van der Waals surface area contributed by atoms with Crippen molar-refractivity contribution in [2.45, 2.75) is 32.7 Å². The van der Waals surface area contributed by atoms with Crippen molar-refractivity contribution in [3.8, 4) is 39.9 Å². The highest BCUT2D eigenvalue weighted by atomic mass is 19.1. The Balaban J connectivity index is 1.42. The van der Waals surface area contributed by atoms with Crippen LogP contribution in [0.1, 0.15) is 24.1 Å². The molecule has 0 unspecified atom stereocenters. The molecule has 1 aliphatic rings. The van der Waals surface area contributed by atoms with Crippen LogP contribution in [0.2, 0.25) is 0 Å². The van der Waals surface area contributed by atoms with Crippen molar-refractivity contribution in [2.24, 2.45) is 0 Å². The van der Waals surface area contributed by atoms with Crippen molar-refractivity contribution in [3.05, 3.63) is 88.1 Å². The fourth-order valence-corrected chi connectivity index (χ4v) is 5.26. The van der Waals surface area contributed by atoms with Gasteiger partial charge >= 0.3 is 0 Å². The zero-order valence-electron chi connectivity index (χ0n) is 22.2. The Morgan fingerprint density at radius 3 is 2.48 bits per heavy atom. The third kappa shape index (κ3) is 4.25. The molecule has 0 spiro atoms. The molecule has 40 heavy (non-hydrogen) atoms. The largest absolute Gasteiger partial charge is 0.493 e. The molecule has 8 nitrogen and oxygen atoms in total. The number of benzene rings is 3. The second kappa shape index (κ2) is 10.1. The van der Waals surface area contributed by atoms with Crippen LogP contribution in [-0.2, 0) is 13.0 Å². The predicted octanol–water partition coefficient (Wildman–Crippen LogP) is 5.98. The minimum Gasteiger partial charge on any atom is -0.493 e. The van der Waals surface area contributed by atoms with E-state index in [1.165, 1.54) is 49.5 Å². The van der Waals surface area contributed by atoms with Gasteiger partial charge in [0.05, 0.1) is 36.4 Å². The molecule has 0 atom stereocenters. The third-order valence-electron chi connectivity index (χ3n) is 7.21. The van der Waals surface area contributed by atoms with E-state index in [1.807, 2.05) is 11.6 Å². The fraction of sp³-hybridized carbons (Fsp3) is 0.233. The summed E-state index contributed by atoms with van der Waals surface area (Å²) < 4.78 is 49.7. The number of ether oxygens (including phenoxy) is 3. The van der Waals surface area contributed by atoms with Crippen LogP contribution in [0.3, 0.4) is 0 Å². The number of fused-ring (bicyclic) bond motifs is 2. The van der Waals surface area contributed by atoms with Gasteiger partial charge in [-0.3, -0.25) is 9.48 Å². The molecule has 10 heteroatoms. The SMILES string of the molecule is COc1cc2ncnc(Oc3ccc(-c4c5n(n(-c6cc(F)ccc6C)c4=O)CCCC5)cc3F)c2cc1OC. The highest BCUT2D eigenvalue weighted by Gasteiger charge is 2.26. The minimum absolute atomic E-state index is 0.0621. The lowest BCUT2D eigenvalue weighted by molar-refractivity contribution is 0.355. The number of halogens is 2. The molecule has 204 valence electrons. The van der Waals surface area contributed by atoms with Gasteiger partial charge in [-0.2, -0.15) is 0 Å². The molecule has 0 aliphatic carbocycles. The second-order valence-corrected chi connectivity index (χ2v) is 9.60. The van der Waals surface area contributed by atoms with Crippen LogP contribution in [0, 0.1) is 18.6 Å². The Morgan fingerprint density at radius 2 is 1.70 bits per heavy atom. The van der Waals surface area contributed by atoms with E-state index < -0.39 is 11.6 Å². The first kappa shape index (κ1) is 25.5. The van der Waals surface area contributed by atoms with Gasteiger partial charge in [0.1, 0.15) is 12.1 Å². The van der Waals surface area contributed by atoms with E-state index in [1.54, 1.807) is 24.3 Å². The Morgan fingerprint density at radius 1 is 0.900 bits per heavy atom. The number of hydrogen-bond donors (Lipinski definition) is 0. The summed E-state index contributed by atoms with van der Waals surface area (Å²) in [6.07, 6.45) is 3.77. The summed E-state index contributed by atoms with van der Waals surface area (Å²) in [6.45, 7) is 2.44. The van der Waals surface area contributed by atoms with Crippen molar-refractivity contribution in [2.75, 3.05) is 14.2 Å². The van der Waals surface area contributed by atoms with E-state index in [2.05, 4.69) is 9.97 Å². The van der Waals surface area contributed by atoms with Gasteiger partial charge < -0.3 is 14.2 Å². The first-order valence-electron chi connectivity index (χ1n) is 12.9. The fourth-order valence-electron chi connectivity index (χ4n) is 5.26. The third-order valence-corrected chi connectivity index (χ3v) is 7.21. The smallest absolute Gasteiger partial charge is 0.279 e. The summed E-state index contributed by atoms with van der Waals surface area (Å²) in [5, 5.41) is 0.512. The molecule has 0 N–H and O–H groups in total. The molecule has 1 aliphatic heterocycles. The number of aromatic nitrogens is 4. The number of methoxy groups -OCH3 is 2. The van der Waals surface area contributed by atoms with Crippen molar-refractivity contribution in [3.63, 3.8) is 0 Å². The van der Waals surface area contributed by atoms with Crippen LogP contribution in [0.15, 0.2) is 59.7 Å². The number of rotatable bonds is 6. The van der Waals surface area contributed by atoms with Gasteiger partial charge in [0.2, 0.25) is 5.88 Å². The Kier molecular flexibility index (Phi) is 6.45. The topological polar surface area (TPSA) is 80.4 Å².